The third kappa shape index (κ3) is 2.28. The van der Waals surface area contributed by atoms with Crippen LogP contribution >= 0.6 is 23.1 Å². The Bertz CT molecular complexity index is 401. The van der Waals surface area contributed by atoms with Crippen LogP contribution in [0.1, 0.15) is 5.56 Å². The molecule has 0 saturated carbocycles. The molecule has 0 aliphatic heterocycles. The summed E-state index contributed by atoms with van der Waals surface area (Å²) in [6.45, 7) is 4.07. The van der Waals surface area contributed by atoms with E-state index < -0.39 is 0 Å². The quantitative estimate of drug-likeness (QED) is 0.683. The molecule has 2 aromatic rings. The minimum absolute atomic E-state index is 1.10. The van der Waals surface area contributed by atoms with Crippen molar-refractivity contribution in [3.8, 4) is 0 Å². The van der Waals surface area contributed by atoms with Gasteiger partial charge in [-0.25, -0.2) is 0 Å². The Balaban J connectivity index is 2.11. The monoisotopic (exact) mass is 218 g/mol. The fourth-order valence-electron chi connectivity index (χ4n) is 1.13. The SMILES string of the molecule is C=C(Sc1cccs1)c1ccccc1. The van der Waals surface area contributed by atoms with Gasteiger partial charge >= 0.3 is 0 Å². The van der Waals surface area contributed by atoms with E-state index >= 15 is 0 Å². The van der Waals surface area contributed by atoms with Crippen molar-refractivity contribution in [1.29, 1.82) is 0 Å². The maximum absolute atomic E-state index is 4.07. The van der Waals surface area contributed by atoms with Crippen LogP contribution in [-0.2, 0) is 0 Å². The van der Waals surface area contributed by atoms with Crippen molar-refractivity contribution in [3.63, 3.8) is 0 Å². The van der Waals surface area contributed by atoms with E-state index in [2.05, 4.69) is 36.2 Å². The Hall–Kier alpha value is -0.990. The molecule has 14 heavy (non-hydrogen) atoms. The summed E-state index contributed by atoms with van der Waals surface area (Å²) < 4.78 is 1.29. The van der Waals surface area contributed by atoms with Crippen LogP contribution in [-0.4, -0.2) is 0 Å². The molecule has 0 amide bonds. The van der Waals surface area contributed by atoms with Crippen molar-refractivity contribution in [2.75, 3.05) is 0 Å². The van der Waals surface area contributed by atoms with Crippen molar-refractivity contribution in [2.45, 2.75) is 4.21 Å². The normalized spacial score (nSPS) is 10.0. The topological polar surface area (TPSA) is 0 Å². The zero-order chi connectivity index (χ0) is 9.80. The first-order chi connectivity index (χ1) is 6.86. The highest BCUT2D eigenvalue weighted by Crippen LogP contribution is 2.35. The first kappa shape index (κ1) is 9.56. The predicted molar refractivity (Wildman–Crippen MR) is 65.7 cm³/mol. The van der Waals surface area contributed by atoms with Crippen LogP contribution in [0.3, 0.4) is 0 Å². The molecule has 0 radical (unpaired) electrons. The summed E-state index contributed by atoms with van der Waals surface area (Å²) in [5.41, 5.74) is 1.20. The van der Waals surface area contributed by atoms with Gasteiger partial charge < -0.3 is 0 Å². The van der Waals surface area contributed by atoms with Gasteiger partial charge in [0.15, 0.2) is 0 Å². The van der Waals surface area contributed by atoms with Gasteiger partial charge in [0, 0.05) is 4.91 Å². The minimum Gasteiger partial charge on any atom is -0.137 e. The Morgan fingerprint density at radius 1 is 1.07 bits per heavy atom. The summed E-state index contributed by atoms with van der Waals surface area (Å²) in [5, 5.41) is 2.08. The van der Waals surface area contributed by atoms with Crippen LogP contribution in [0.4, 0.5) is 0 Å². The third-order valence-corrected chi connectivity index (χ3v) is 3.83. The summed E-state index contributed by atoms with van der Waals surface area (Å²) in [6, 6.07) is 14.4. The highest BCUT2D eigenvalue weighted by molar-refractivity contribution is 8.09. The second-order valence-electron chi connectivity index (χ2n) is 2.82. The van der Waals surface area contributed by atoms with Crippen molar-refractivity contribution < 1.29 is 0 Å². The molecule has 0 spiro atoms. The largest absolute Gasteiger partial charge is 0.137 e. The van der Waals surface area contributed by atoms with Gasteiger partial charge in [0.2, 0.25) is 0 Å². The summed E-state index contributed by atoms with van der Waals surface area (Å²) in [7, 11) is 0. The Morgan fingerprint density at radius 2 is 1.86 bits per heavy atom. The Labute approximate surface area is 92.3 Å². The van der Waals surface area contributed by atoms with Gasteiger partial charge in [-0.1, -0.05) is 54.7 Å². The standard InChI is InChI=1S/C12H10S2/c1-10(11-6-3-2-4-7-11)14-12-8-5-9-13-12/h2-9H,1H2. The number of thioether (sulfide) groups is 1. The molecule has 0 aliphatic rings. The third-order valence-electron chi connectivity index (χ3n) is 1.81. The molecule has 1 heterocycles. The minimum atomic E-state index is 1.10. The number of rotatable bonds is 3. The van der Waals surface area contributed by atoms with E-state index in [-0.39, 0.29) is 0 Å². The zero-order valence-electron chi connectivity index (χ0n) is 7.64. The average Bonchev–Trinajstić information content (AvgIpc) is 2.72. The summed E-state index contributed by atoms with van der Waals surface area (Å²) in [6.07, 6.45) is 0. The van der Waals surface area contributed by atoms with Crippen molar-refractivity contribution in [2.24, 2.45) is 0 Å². The van der Waals surface area contributed by atoms with Gasteiger partial charge in [-0.2, -0.15) is 0 Å². The van der Waals surface area contributed by atoms with Crippen molar-refractivity contribution in [1.82, 2.24) is 0 Å². The summed E-state index contributed by atoms with van der Waals surface area (Å²) in [5.74, 6) is 0. The van der Waals surface area contributed by atoms with Crippen LogP contribution in [0.2, 0.25) is 0 Å². The van der Waals surface area contributed by atoms with E-state index in [1.165, 1.54) is 9.77 Å². The highest BCUT2D eigenvalue weighted by Gasteiger charge is 2.00. The molecule has 0 aliphatic carbocycles. The molecule has 0 saturated heterocycles. The number of benzene rings is 1. The molecule has 0 fully saturated rings. The molecule has 0 unspecified atom stereocenters. The lowest BCUT2D eigenvalue weighted by molar-refractivity contribution is 1.65. The van der Waals surface area contributed by atoms with Gasteiger partial charge in [-0.3, -0.25) is 0 Å². The van der Waals surface area contributed by atoms with E-state index in [0.29, 0.717) is 0 Å². The lowest BCUT2D eigenvalue weighted by Gasteiger charge is -2.02. The zero-order valence-corrected chi connectivity index (χ0v) is 9.28. The Kier molecular flexibility index (Phi) is 3.07. The van der Waals surface area contributed by atoms with Gasteiger partial charge in [0.1, 0.15) is 0 Å². The molecule has 1 aromatic carbocycles. The molecule has 0 atom stereocenters. The lowest BCUT2D eigenvalue weighted by atomic mass is 10.2. The Morgan fingerprint density at radius 3 is 2.50 bits per heavy atom. The molecular formula is C12H10S2. The van der Waals surface area contributed by atoms with Gasteiger partial charge in [-0.05, 0) is 17.0 Å². The number of thiophene rings is 1. The summed E-state index contributed by atoms with van der Waals surface area (Å²) >= 11 is 3.48. The second-order valence-corrected chi connectivity index (χ2v) is 5.17. The van der Waals surface area contributed by atoms with E-state index in [1.807, 2.05) is 18.2 Å². The molecular weight excluding hydrogens is 208 g/mol. The first-order valence-electron chi connectivity index (χ1n) is 4.32. The van der Waals surface area contributed by atoms with Crippen LogP contribution in [0.25, 0.3) is 4.91 Å². The maximum atomic E-state index is 4.07. The smallest absolute Gasteiger partial charge is 0.0646 e. The fourth-order valence-corrected chi connectivity index (χ4v) is 2.88. The predicted octanol–water partition coefficient (Wildman–Crippen LogP) is 4.51. The first-order valence-corrected chi connectivity index (χ1v) is 6.01. The molecule has 2 rings (SSSR count). The number of hydrogen-bond acceptors (Lipinski definition) is 2. The molecule has 1 aromatic heterocycles. The maximum Gasteiger partial charge on any atom is 0.0646 e. The average molecular weight is 218 g/mol. The number of hydrogen-bond donors (Lipinski definition) is 0. The van der Waals surface area contributed by atoms with Gasteiger partial charge in [0.05, 0.1) is 4.21 Å². The summed E-state index contributed by atoms with van der Waals surface area (Å²) in [4.78, 5) is 1.10. The van der Waals surface area contributed by atoms with Crippen LogP contribution < -0.4 is 0 Å². The lowest BCUT2D eigenvalue weighted by Crippen LogP contribution is -1.75. The van der Waals surface area contributed by atoms with E-state index in [0.717, 1.165) is 4.91 Å². The van der Waals surface area contributed by atoms with Crippen molar-refractivity contribution >= 4 is 28.0 Å². The molecule has 2 heteroatoms. The van der Waals surface area contributed by atoms with Crippen LogP contribution in [0, 0.1) is 0 Å². The fraction of sp³-hybridized carbons (Fsp3) is 0. The second kappa shape index (κ2) is 4.49. The highest BCUT2D eigenvalue weighted by atomic mass is 32.2. The van der Waals surface area contributed by atoms with E-state index in [1.54, 1.807) is 23.1 Å². The molecule has 70 valence electrons. The van der Waals surface area contributed by atoms with Crippen molar-refractivity contribution in [3.05, 3.63) is 60.0 Å². The molecule has 0 N–H and O–H groups in total. The van der Waals surface area contributed by atoms with Gasteiger partial charge in [0.25, 0.3) is 0 Å². The van der Waals surface area contributed by atoms with Gasteiger partial charge in [-0.15, -0.1) is 11.3 Å². The van der Waals surface area contributed by atoms with Crippen LogP contribution in [0.15, 0.2) is 58.6 Å². The molecule has 0 nitrogen and oxygen atoms in total. The van der Waals surface area contributed by atoms with E-state index in [9.17, 15) is 0 Å². The van der Waals surface area contributed by atoms with Crippen LogP contribution in [0.5, 0.6) is 0 Å². The molecule has 0 bridgehead atoms. The van der Waals surface area contributed by atoms with E-state index in [4.69, 9.17) is 0 Å².